The van der Waals surface area contributed by atoms with E-state index in [0.29, 0.717) is 10.9 Å². The summed E-state index contributed by atoms with van der Waals surface area (Å²) in [6, 6.07) is 5.50. The molecule has 0 radical (unpaired) electrons. The van der Waals surface area contributed by atoms with Crippen LogP contribution < -0.4 is 5.43 Å². The predicted octanol–water partition coefficient (Wildman–Crippen LogP) is 2.24. The predicted molar refractivity (Wildman–Crippen MR) is 81.4 cm³/mol. The van der Waals surface area contributed by atoms with Gasteiger partial charge in [-0.25, -0.2) is 15.4 Å². The maximum Gasteiger partial charge on any atom is 0.250 e. The van der Waals surface area contributed by atoms with Gasteiger partial charge in [0.25, 0.3) is 5.91 Å². The van der Waals surface area contributed by atoms with Crippen LogP contribution in [0.5, 0.6) is 0 Å². The van der Waals surface area contributed by atoms with E-state index in [1.54, 1.807) is 6.07 Å². The number of furan rings is 1. The zero-order chi connectivity index (χ0) is 15.2. The number of amides is 1. The number of hydrogen-bond donors (Lipinski definition) is 1. The van der Waals surface area contributed by atoms with Gasteiger partial charge in [-0.1, -0.05) is 11.8 Å². The molecule has 0 fully saturated rings. The fourth-order valence-corrected chi connectivity index (χ4v) is 2.35. The SMILES string of the molecule is Cc1cc(C)nc(SCC(=O)N/N=C\c2ccc(C)o2)n1. The van der Waals surface area contributed by atoms with E-state index in [2.05, 4.69) is 20.5 Å². The first-order valence-electron chi connectivity index (χ1n) is 6.36. The Kier molecular flexibility index (Phi) is 5.10. The summed E-state index contributed by atoms with van der Waals surface area (Å²) < 4.78 is 5.30. The highest BCUT2D eigenvalue weighted by molar-refractivity contribution is 7.99. The van der Waals surface area contributed by atoms with Gasteiger partial charge >= 0.3 is 0 Å². The number of nitrogens with one attached hydrogen (secondary N) is 1. The number of aryl methyl sites for hydroxylation is 3. The fraction of sp³-hybridized carbons (Fsp3) is 0.286. The van der Waals surface area contributed by atoms with Gasteiger partial charge < -0.3 is 4.42 Å². The third kappa shape index (κ3) is 5.03. The minimum Gasteiger partial charge on any atom is -0.460 e. The largest absolute Gasteiger partial charge is 0.460 e. The molecule has 0 atom stereocenters. The molecule has 0 spiro atoms. The van der Waals surface area contributed by atoms with Crippen molar-refractivity contribution in [3.05, 3.63) is 41.1 Å². The van der Waals surface area contributed by atoms with E-state index in [4.69, 9.17) is 4.42 Å². The molecule has 0 aliphatic carbocycles. The lowest BCUT2D eigenvalue weighted by Gasteiger charge is -2.02. The summed E-state index contributed by atoms with van der Waals surface area (Å²) in [7, 11) is 0. The number of nitrogens with zero attached hydrogens (tertiary/aromatic N) is 3. The van der Waals surface area contributed by atoms with Crippen molar-refractivity contribution in [1.29, 1.82) is 0 Å². The Bertz CT molecular complexity index is 646. The second-order valence-electron chi connectivity index (χ2n) is 4.46. The normalized spacial score (nSPS) is 11.0. The molecule has 110 valence electrons. The van der Waals surface area contributed by atoms with Crippen molar-refractivity contribution >= 4 is 23.9 Å². The molecular weight excluding hydrogens is 288 g/mol. The van der Waals surface area contributed by atoms with E-state index in [9.17, 15) is 4.79 Å². The van der Waals surface area contributed by atoms with Crippen molar-refractivity contribution in [3.8, 4) is 0 Å². The third-order valence-electron chi connectivity index (χ3n) is 2.44. The second kappa shape index (κ2) is 7.03. The van der Waals surface area contributed by atoms with Crippen LogP contribution in [0.25, 0.3) is 0 Å². The highest BCUT2D eigenvalue weighted by Crippen LogP contribution is 2.13. The zero-order valence-corrected chi connectivity index (χ0v) is 12.9. The molecule has 0 aromatic carbocycles. The highest BCUT2D eigenvalue weighted by atomic mass is 32.2. The molecular formula is C14H16N4O2S. The molecule has 0 saturated heterocycles. The van der Waals surface area contributed by atoms with Crippen molar-refractivity contribution in [2.24, 2.45) is 5.10 Å². The van der Waals surface area contributed by atoms with Crippen molar-refractivity contribution in [3.63, 3.8) is 0 Å². The molecule has 2 rings (SSSR count). The smallest absolute Gasteiger partial charge is 0.250 e. The average Bonchev–Trinajstić information content (AvgIpc) is 2.81. The van der Waals surface area contributed by atoms with Gasteiger partial charge in [0, 0.05) is 11.4 Å². The van der Waals surface area contributed by atoms with Crippen molar-refractivity contribution in [1.82, 2.24) is 15.4 Å². The number of carbonyl (C=O) groups excluding carboxylic acids is 1. The Morgan fingerprint density at radius 2 is 2.05 bits per heavy atom. The van der Waals surface area contributed by atoms with Crippen molar-refractivity contribution < 1.29 is 9.21 Å². The van der Waals surface area contributed by atoms with E-state index in [1.807, 2.05) is 32.9 Å². The number of aromatic nitrogens is 2. The van der Waals surface area contributed by atoms with E-state index in [0.717, 1.165) is 17.1 Å². The maximum atomic E-state index is 11.6. The van der Waals surface area contributed by atoms with E-state index in [1.165, 1.54) is 18.0 Å². The van der Waals surface area contributed by atoms with Crippen LogP contribution in [-0.4, -0.2) is 27.8 Å². The van der Waals surface area contributed by atoms with Crippen LogP contribution in [0.4, 0.5) is 0 Å². The Balaban J connectivity index is 1.80. The van der Waals surface area contributed by atoms with Crippen LogP contribution in [-0.2, 0) is 4.79 Å². The second-order valence-corrected chi connectivity index (χ2v) is 5.41. The Morgan fingerprint density at radius 3 is 2.67 bits per heavy atom. The molecule has 0 aliphatic heterocycles. The first-order valence-corrected chi connectivity index (χ1v) is 7.35. The van der Waals surface area contributed by atoms with Gasteiger partial charge in [-0.3, -0.25) is 4.79 Å². The lowest BCUT2D eigenvalue weighted by Crippen LogP contribution is -2.19. The summed E-state index contributed by atoms with van der Waals surface area (Å²) >= 11 is 1.28. The topological polar surface area (TPSA) is 80.4 Å². The van der Waals surface area contributed by atoms with Gasteiger partial charge in [-0.15, -0.1) is 0 Å². The summed E-state index contributed by atoms with van der Waals surface area (Å²) in [4.78, 5) is 20.2. The summed E-state index contributed by atoms with van der Waals surface area (Å²) in [5.74, 6) is 1.38. The van der Waals surface area contributed by atoms with Crippen LogP contribution >= 0.6 is 11.8 Å². The van der Waals surface area contributed by atoms with E-state index in [-0.39, 0.29) is 11.7 Å². The minimum absolute atomic E-state index is 0.206. The van der Waals surface area contributed by atoms with E-state index < -0.39 is 0 Å². The van der Waals surface area contributed by atoms with Crippen LogP contribution in [0, 0.1) is 20.8 Å². The highest BCUT2D eigenvalue weighted by Gasteiger charge is 2.05. The molecule has 1 N–H and O–H groups in total. The first-order chi connectivity index (χ1) is 10.0. The third-order valence-corrected chi connectivity index (χ3v) is 3.28. The Hall–Kier alpha value is -2.15. The molecule has 0 saturated carbocycles. The van der Waals surface area contributed by atoms with Gasteiger partial charge in [0.15, 0.2) is 5.16 Å². The monoisotopic (exact) mass is 304 g/mol. The minimum atomic E-state index is -0.220. The van der Waals surface area contributed by atoms with Gasteiger partial charge in [0.2, 0.25) is 0 Å². The lowest BCUT2D eigenvalue weighted by molar-refractivity contribution is -0.118. The number of thioether (sulfide) groups is 1. The van der Waals surface area contributed by atoms with Crippen LogP contribution in [0.3, 0.4) is 0 Å². The quantitative estimate of drug-likeness (QED) is 0.396. The van der Waals surface area contributed by atoms with E-state index >= 15 is 0 Å². The number of hydrazone groups is 1. The summed E-state index contributed by atoms with van der Waals surface area (Å²) in [5.41, 5.74) is 4.21. The Morgan fingerprint density at radius 1 is 1.33 bits per heavy atom. The molecule has 2 heterocycles. The zero-order valence-electron chi connectivity index (χ0n) is 12.1. The number of hydrogen-bond acceptors (Lipinski definition) is 6. The van der Waals surface area contributed by atoms with Crippen LogP contribution in [0.2, 0.25) is 0 Å². The summed E-state index contributed by atoms with van der Waals surface area (Å²) in [6.07, 6.45) is 1.46. The van der Waals surface area contributed by atoms with Crippen LogP contribution in [0.15, 0.2) is 32.9 Å². The number of carbonyl (C=O) groups is 1. The number of rotatable bonds is 5. The van der Waals surface area contributed by atoms with Gasteiger partial charge in [0.05, 0.1) is 12.0 Å². The molecule has 2 aromatic heterocycles. The first kappa shape index (κ1) is 15.2. The molecule has 1 amide bonds. The van der Waals surface area contributed by atoms with Crippen molar-refractivity contribution in [2.75, 3.05) is 5.75 Å². The lowest BCUT2D eigenvalue weighted by atomic mass is 10.4. The van der Waals surface area contributed by atoms with Gasteiger partial charge in [-0.2, -0.15) is 5.10 Å². The molecule has 0 aliphatic rings. The molecule has 2 aromatic rings. The summed E-state index contributed by atoms with van der Waals surface area (Å²) in [5, 5.41) is 4.42. The van der Waals surface area contributed by atoms with Crippen LogP contribution in [0.1, 0.15) is 22.9 Å². The van der Waals surface area contributed by atoms with Gasteiger partial charge in [-0.05, 0) is 39.0 Å². The van der Waals surface area contributed by atoms with Gasteiger partial charge in [0.1, 0.15) is 11.5 Å². The molecule has 6 nitrogen and oxygen atoms in total. The molecule has 0 unspecified atom stereocenters. The average molecular weight is 304 g/mol. The Labute approximate surface area is 127 Å². The summed E-state index contributed by atoms with van der Waals surface area (Å²) in [6.45, 7) is 5.64. The molecule has 21 heavy (non-hydrogen) atoms. The molecule has 7 heteroatoms. The van der Waals surface area contributed by atoms with Crippen molar-refractivity contribution in [2.45, 2.75) is 25.9 Å². The molecule has 0 bridgehead atoms. The maximum absolute atomic E-state index is 11.6. The fourth-order valence-electron chi connectivity index (χ4n) is 1.61. The standard InChI is InChI=1S/C14H16N4O2S/c1-9-6-10(2)17-14(16-9)21-8-13(19)18-15-7-12-5-4-11(3)20-12/h4-7H,8H2,1-3H3,(H,18,19)/b15-7-.